The Balaban J connectivity index is 2.38. The largest absolute Gasteiger partial charge is 0.356 e. The Kier molecular flexibility index (Phi) is 3.02. The van der Waals surface area contributed by atoms with Crippen LogP contribution in [0, 0.1) is 0 Å². The molecule has 0 saturated carbocycles. The van der Waals surface area contributed by atoms with Crippen molar-refractivity contribution in [3.05, 3.63) is 29.5 Å². The molecule has 2 N–H and O–H groups in total. The molecule has 1 heterocycles. The lowest BCUT2D eigenvalue weighted by Crippen LogP contribution is -2.00. The van der Waals surface area contributed by atoms with Gasteiger partial charge in [0.05, 0.1) is 5.69 Å². The lowest BCUT2D eigenvalue weighted by atomic mass is 10.1. The summed E-state index contributed by atoms with van der Waals surface area (Å²) in [6, 6.07) is 6.24. The summed E-state index contributed by atoms with van der Waals surface area (Å²) >= 11 is 0. The van der Waals surface area contributed by atoms with Crippen LogP contribution in [0.1, 0.15) is 24.6 Å². The van der Waals surface area contributed by atoms with E-state index >= 15 is 0 Å². The van der Waals surface area contributed by atoms with E-state index in [1.54, 1.807) is 0 Å². The summed E-state index contributed by atoms with van der Waals surface area (Å²) in [7, 11) is 0. The van der Waals surface area contributed by atoms with E-state index < -0.39 is 0 Å². The van der Waals surface area contributed by atoms with E-state index in [4.69, 9.17) is 10.3 Å². The summed E-state index contributed by atoms with van der Waals surface area (Å²) in [5, 5.41) is 5.22. The molecular weight excluding hydrogens is 188 g/mol. The Labute approximate surface area is 89.2 Å². The summed E-state index contributed by atoms with van der Waals surface area (Å²) in [6.45, 7) is 2.84. The predicted octanol–water partition coefficient (Wildman–Crippen LogP) is 2.28. The van der Waals surface area contributed by atoms with Crippen LogP contribution in [0.15, 0.2) is 22.7 Å². The molecular formula is C12H16N2O. The molecule has 0 spiro atoms. The average molecular weight is 204 g/mol. The number of benzene rings is 1. The maximum Gasteiger partial charge on any atom is 0.167 e. The van der Waals surface area contributed by atoms with Gasteiger partial charge in [-0.05, 0) is 43.5 Å². The van der Waals surface area contributed by atoms with Gasteiger partial charge in [0.2, 0.25) is 0 Å². The monoisotopic (exact) mass is 204 g/mol. The van der Waals surface area contributed by atoms with Crippen LogP contribution in [-0.2, 0) is 12.8 Å². The van der Waals surface area contributed by atoms with Crippen molar-refractivity contribution in [1.29, 1.82) is 0 Å². The Hall–Kier alpha value is -1.35. The Morgan fingerprint density at radius 1 is 1.40 bits per heavy atom. The number of fused-ring (bicyclic) bond motifs is 1. The van der Waals surface area contributed by atoms with Crippen LogP contribution >= 0.6 is 0 Å². The minimum Gasteiger partial charge on any atom is -0.356 e. The van der Waals surface area contributed by atoms with Crippen LogP contribution in [0.25, 0.3) is 11.0 Å². The second-order valence-corrected chi connectivity index (χ2v) is 3.71. The van der Waals surface area contributed by atoms with Gasteiger partial charge in [0.15, 0.2) is 5.58 Å². The van der Waals surface area contributed by atoms with Crippen LogP contribution in [0.2, 0.25) is 0 Å². The number of hydrogen-bond donors (Lipinski definition) is 1. The highest BCUT2D eigenvalue weighted by molar-refractivity contribution is 5.80. The van der Waals surface area contributed by atoms with Crippen molar-refractivity contribution in [2.75, 3.05) is 6.54 Å². The third kappa shape index (κ3) is 2.02. The van der Waals surface area contributed by atoms with Crippen molar-refractivity contribution in [2.24, 2.45) is 5.73 Å². The third-order valence-electron chi connectivity index (χ3n) is 2.64. The SMILES string of the molecule is CCc1ccc2onc(CCCN)c2c1. The van der Waals surface area contributed by atoms with Gasteiger partial charge in [-0.25, -0.2) is 0 Å². The molecule has 0 atom stereocenters. The van der Waals surface area contributed by atoms with E-state index in [0.717, 1.165) is 35.9 Å². The number of nitrogens with two attached hydrogens (primary N) is 1. The quantitative estimate of drug-likeness (QED) is 0.831. The van der Waals surface area contributed by atoms with Crippen molar-refractivity contribution >= 4 is 11.0 Å². The molecule has 0 aliphatic carbocycles. The first kappa shape index (κ1) is 10.2. The maximum atomic E-state index is 5.49. The molecule has 2 aromatic rings. The molecule has 0 radical (unpaired) electrons. The number of nitrogens with zero attached hydrogens (tertiary/aromatic N) is 1. The van der Waals surface area contributed by atoms with Gasteiger partial charge in [-0.1, -0.05) is 18.1 Å². The van der Waals surface area contributed by atoms with Gasteiger partial charge in [0.1, 0.15) is 0 Å². The molecule has 0 bridgehead atoms. The van der Waals surface area contributed by atoms with Crippen LogP contribution in [0.5, 0.6) is 0 Å². The molecule has 3 heteroatoms. The molecule has 0 amide bonds. The molecule has 2 rings (SSSR count). The van der Waals surface area contributed by atoms with Crippen molar-refractivity contribution < 1.29 is 4.52 Å². The fourth-order valence-corrected chi connectivity index (χ4v) is 1.71. The van der Waals surface area contributed by atoms with Crippen molar-refractivity contribution in [1.82, 2.24) is 5.16 Å². The molecule has 0 aliphatic rings. The normalized spacial score (nSPS) is 11.1. The highest BCUT2D eigenvalue weighted by Crippen LogP contribution is 2.21. The zero-order chi connectivity index (χ0) is 10.7. The summed E-state index contributed by atoms with van der Waals surface area (Å²) in [6.07, 6.45) is 2.89. The average Bonchev–Trinajstić information content (AvgIpc) is 2.68. The molecule has 0 aliphatic heterocycles. The first-order valence-electron chi connectivity index (χ1n) is 5.42. The first-order valence-corrected chi connectivity index (χ1v) is 5.42. The molecule has 0 saturated heterocycles. The van der Waals surface area contributed by atoms with Gasteiger partial charge in [-0.3, -0.25) is 0 Å². The predicted molar refractivity (Wildman–Crippen MR) is 60.8 cm³/mol. The van der Waals surface area contributed by atoms with Gasteiger partial charge < -0.3 is 10.3 Å². The van der Waals surface area contributed by atoms with Crippen LogP contribution in [0.4, 0.5) is 0 Å². The summed E-state index contributed by atoms with van der Waals surface area (Å²) in [5.41, 5.74) is 8.71. The zero-order valence-electron chi connectivity index (χ0n) is 8.99. The maximum absolute atomic E-state index is 5.49. The summed E-state index contributed by atoms with van der Waals surface area (Å²) in [5.74, 6) is 0. The first-order chi connectivity index (χ1) is 7.35. The minimum absolute atomic E-state index is 0.696. The molecule has 0 fully saturated rings. The van der Waals surface area contributed by atoms with Crippen LogP contribution in [-0.4, -0.2) is 11.7 Å². The van der Waals surface area contributed by atoms with Gasteiger partial charge in [0.25, 0.3) is 0 Å². The standard InChI is InChI=1S/C12H16N2O/c1-2-9-5-6-12-10(8-9)11(14-15-12)4-3-7-13/h5-6,8H,2-4,7,13H2,1H3. The second-order valence-electron chi connectivity index (χ2n) is 3.71. The Morgan fingerprint density at radius 3 is 3.00 bits per heavy atom. The number of hydrogen-bond acceptors (Lipinski definition) is 3. The third-order valence-corrected chi connectivity index (χ3v) is 2.64. The lowest BCUT2D eigenvalue weighted by Gasteiger charge is -1.97. The highest BCUT2D eigenvalue weighted by Gasteiger charge is 2.07. The highest BCUT2D eigenvalue weighted by atomic mass is 16.5. The summed E-state index contributed by atoms with van der Waals surface area (Å²) < 4.78 is 5.25. The van der Waals surface area contributed by atoms with E-state index in [1.165, 1.54) is 5.56 Å². The van der Waals surface area contributed by atoms with Crippen LogP contribution < -0.4 is 5.73 Å². The van der Waals surface area contributed by atoms with E-state index in [1.807, 2.05) is 6.07 Å². The Morgan fingerprint density at radius 2 is 2.27 bits per heavy atom. The van der Waals surface area contributed by atoms with Crippen molar-refractivity contribution in [3.8, 4) is 0 Å². The molecule has 15 heavy (non-hydrogen) atoms. The molecule has 1 aromatic carbocycles. The number of aromatic nitrogens is 1. The molecule has 0 unspecified atom stereocenters. The van der Waals surface area contributed by atoms with Crippen LogP contribution in [0.3, 0.4) is 0 Å². The smallest absolute Gasteiger partial charge is 0.167 e. The molecule has 1 aromatic heterocycles. The number of rotatable bonds is 4. The van der Waals surface area contributed by atoms with Gasteiger partial charge in [-0.15, -0.1) is 0 Å². The van der Waals surface area contributed by atoms with Gasteiger partial charge in [-0.2, -0.15) is 0 Å². The number of aryl methyl sites for hydroxylation is 2. The zero-order valence-corrected chi connectivity index (χ0v) is 8.99. The van der Waals surface area contributed by atoms with Gasteiger partial charge >= 0.3 is 0 Å². The minimum atomic E-state index is 0.696. The topological polar surface area (TPSA) is 52.0 Å². The van der Waals surface area contributed by atoms with E-state index in [0.29, 0.717) is 6.54 Å². The van der Waals surface area contributed by atoms with Gasteiger partial charge in [0, 0.05) is 5.39 Å². The van der Waals surface area contributed by atoms with E-state index in [9.17, 15) is 0 Å². The van der Waals surface area contributed by atoms with E-state index in [2.05, 4.69) is 24.2 Å². The Bertz CT molecular complexity index is 448. The fourth-order valence-electron chi connectivity index (χ4n) is 1.71. The van der Waals surface area contributed by atoms with E-state index in [-0.39, 0.29) is 0 Å². The second kappa shape index (κ2) is 4.45. The van der Waals surface area contributed by atoms with Crippen molar-refractivity contribution in [3.63, 3.8) is 0 Å². The summed E-state index contributed by atoms with van der Waals surface area (Å²) in [4.78, 5) is 0. The molecule has 80 valence electrons. The molecule has 3 nitrogen and oxygen atoms in total. The van der Waals surface area contributed by atoms with Crippen molar-refractivity contribution in [2.45, 2.75) is 26.2 Å². The lowest BCUT2D eigenvalue weighted by molar-refractivity contribution is 0.445. The fraction of sp³-hybridized carbons (Fsp3) is 0.417.